The zero-order valence-corrected chi connectivity index (χ0v) is 15.7. The van der Waals surface area contributed by atoms with Gasteiger partial charge in [0, 0.05) is 24.7 Å². The number of nitrogens with zero attached hydrogens (tertiary/aromatic N) is 1. The van der Waals surface area contributed by atoms with E-state index < -0.39 is 54.2 Å². The third-order valence-electron chi connectivity index (χ3n) is 3.83. The zero-order valence-electron chi connectivity index (χ0n) is 15.7. The van der Waals surface area contributed by atoms with E-state index in [0.717, 1.165) is 0 Å². The lowest BCUT2D eigenvalue weighted by Gasteiger charge is -2.22. The average molecular weight is 412 g/mol. The maximum absolute atomic E-state index is 12.6. The number of H-pyrrole nitrogens is 1. The summed E-state index contributed by atoms with van der Waals surface area (Å²) in [5.74, 6) is -4.71. The third-order valence-corrected chi connectivity index (χ3v) is 3.83. The van der Waals surface area contributed by atoms with Gasteiger partial charge in [0.1, 0.15) is 18.1 Å². The van der Waals surface area contributed by atoms with E-state index in [4.69, 9.17) is 10.8 Å². The topological polar surface area (TPSA) is 217 Å². The molecule has 0 aliphatic heterocycles. The Morgan fingerprint density at radius 3 is 2.28 bits per heavy atom. The highest BCUT2D eigenvalue weighted by Gasteiger charge is 2.29. The number of rotatable bonds is 12. The van der Waals surface area contributed by atoms with Gasteiger partial charge in [0.05, 0.1) is 12.9 Å². The SMILES string of the molecule is CC(NC(=O)CN)C(=O)NC(Cc1cnc[nH]1)C(=O)NC(CCC(=O)O)C(=O)O. The molecule has 0 aromatic carbocycles. The fraction of sp³-hybridized carbons (Fsp3) is 0.500. The molecule has 0 spiro atoms. The molecule has 1 aromatic heterocycles. The molecule has 0 radical (unpaired) electrons. The molecular weight excluding hydrogens is 388 g/mol. The normalized spacial score (nSPS) is 13.6. The van der Waals surface area contributed by atoms with Crippen LogP contribution in [0, 0.1) is 0 Å². The van der Waals surface area contributed by atoms with Gasteiger partial charge in [-0.15, -0.1) is 0 Å². The van der Waals surface area contributed by atoms with Crippen molar-refractivity contribution in [3.8, 4) is 0 Å². The second-order valence-electron chi connectivity index (χ2n) is 6.17. The molecule has 1 heterocycles. The largest absolute Gasteiger partial charge is 0.481 e. The molecule has 13 heteroatoms. The summed E-state index contributed by atoms with van der Waals surface area (Å²) in [6, 6.07) is -3.65. The van der Waals surface area contributed by atoms with E-state index in [0.29, 0.717) is 5.69 Å². The number of aromatic amines is 1. The lowest BCUT2D eigenvalue weighted by atomic mass is 10.1. The summed E-state index contributed by atoms with van der Waals surface area (Å²) < 4.78 is 0. The van der Waals surface area contributed by atoms with Crippen LogP contribution in [0.5, 0.6) is 0 Å². The highest BCUT2D eigenvalue weighted by Crippen LogP contribution is 2.03. The zero-order chi connectivity index (χ0) is 22.0. The quantitative estimate of drug-likeness (QED) is 0.190. The number of carbonyl (C=O) groups is 5. The molecule has 29 heavy (non-hydrogen) atoms. The number of hydrogen-bond acceptors (Lipinski definition) is 7. The number of carboxylic acid groups (broad SMARTS) is 2. The number of carbonyl (C=O) groups excluding carboxylic acids is 3. The minimum atomic E-state index is -1.45. The molecule has 0 saturated heterocycles. The Kier molecular flexibility index (Phi) is 9.25. The molecule has 0 aliphatic rings. The number of aromatic nitrogens is 2. The predicted octanol–water partition coefficient (Wildman–Crippen LogP) is -2.67. The van der Waals surface area contributed by atoms with Gasteiger partial charge in [0.15, 0.2) is 0 Å². The minimum absolute atomic E-state index is 0.0413. The van der Waals surface area contributed by atoms with Crippen LogP contribution in [0.3, 0.4) is 0 Å². The van der Waals surface area contributed by atoms with Crippen LogP contribution >= 0.6 is 0 Å². The molecule has 0 saturated carbocycles. The van der Waals surface area contributed by atoms with Crippen LogP contribution in [0.1, 0.15) is 25.5 Å². The van der Waals surface area contributed by atoms with Crippen LogP contribution in [-0.2, 0) is 30.4 Å². The van der Waals surface area contributed by atoms with Crippen molar-refractivity contribution in [3.05, 3.63) is 18.2 Å². The third kappa shape index (κ3) is 8.38. The number of nitrogens with one attached hydrogen (secondary N) is 4. The highest BCUT2D eigenvalue weighted by molar-refractivity contribution is 5.93. The van der Waals surface area contributed by atoms with Gasteiger partial charge in [0.2, 0.25) is 17.7 Å². The highest BCUT2D eigenvalue weighted by atomic mass is 16.4. The van der Waals surface area contributed by atoms with E-state index in [1.54, 1.807) is 0 Å². The first-order valence-corrected chi connectivity index (χ1v) is 8.66. The number of imidazole rings is 1. The number of nitrogens with two attached hydrogens (primary N) is 1. The minimum Gasteiger partial charge on any atom is -0.481 e. The summed E-state index contributed by atoms with van der Waals surface area (Å²) in [4.78, 5) is 64.8. The van der Waals surface area contributed by atoms with Gasteiger partial charge in [-0.3, -0.25) is 19.2 Å². The molecule has 8 N–H and O–H groups in total. The van der Waals surface area contributed by atoms with Crippen molar-refractivity contribution >= 4 is 29.7 Å². The first-order chi connectivity index (χ1) is 13.6. The second-order valence-corrected chi connectivity index (χ2v) is 6.17. The van der Waals surface area contributed by atoms with Crippen LogP contribution in [0.25, 0.3) is 0 Å². The van der Waals surface area contributed by atoms with E-state index in [-0.39, 0.29) is 19.4 Å². The van der Waals surface area contributed by atoms with Gasteiger partial charge in [-0.1, -0.05) is 0 Å². The first kappa shape index (κ1) is 23.6. The van der Waals surface area contributed by atoms with Gasteiger partial charge in [-0.05, 0) is 13.3 Å². The summed E-state index contributed by atoms with van der Waals surface area (Å²) in [5.41, 5.74) is 5.66. The van der Waals surface area contributed by atoms with Gasteiger partial charge in [0.25, 0.3) is 0 Å². The second kappa shape index (κ2) is 11.4. The Bertz CT molecular complexity index is 736. The van der Waals surface area contributed by atoms with E-state index in [1.165, 1.54) is 19.4 Å². The van der Waals surface area contributed by atoms with E-state index >= 15 is 0 Å². The van der Waals surface area contributed by atoms with Crippen molar-refractivity contribution in [3.63, 3.8) is 0 Å². The molecule has 3 atom stereocenters. The number of carboxylic acids is 2. The molecule has 3 amide bonds. The van der Waals surface area contributed by atoms with Crippen LogP contribution in [0.2, 0.25) is 0 Å². The van der Waals surface area contributed by atoms with E-state index in [9.17, 15) is 29.1 Å². The van der Waals surface area contributed by atoms with E-state index in [2.05, 4.69) is 25.9 Å². The lowest BCUT2D eigenvalue weighted by molar-refractivity contribution is -0.143. The number of aliphatic carboxylic acids is 2. The molecule has 1 rings (SSSR count). The van der Waals surface area contributed by atoms with Crippen molar-refractivity contribution in [2.24, 2.45) is 5.73 Å². The maximum Gasteiger partial charge on any atom is 0.326 e. The van der Waals surface area contributed by atoms with Crippen molar-refractivity contribution in [2.75, 3.05) is 6.54 Å². The van der Waals surface area contributed by atoms with Crippen molar-refractivity contribution in [1.29, 1.82) is 0 Å². The Balaban J connectivity index is 2.88. The van der Waals surface area contributed by atoms with Crippen molar-refractivity contribution < 1.29 is 34.2 Å². The molecule has 160 valence electrons. The molecule has 0 bridgehead atoms. The Morgan fingerprint density at radius 2 is 1.76 bits per heavy atom. The molecule has 0 aliphatic carbocycles. The fourth-order valence-corrected chi connectivity index (χ4v) is 2.29. The first-order valence-electron chi connectivity index (χ1n) is 8.66. The van der Waals surface area contributed by atoms with Gasteiger partial charge in [-0.2, -0.15) is 0 Å². The van der Waals surface area contributed by atoms with Gasteiger partial charge >= 0.3 is 11.9 Å². The Morgan fingerprint density at radius 1 is 1.10 bits per heavy atom. The van der Waals surface area contributed by atoms with Gasteiger partial charge < -0.3 is 36.9 Å². The fourth-order valence-electron chi connectivity index (χ4n) is 2.29. The van der Waals surface area contributed by atoms with Crippen LogP contribution in [0.15, 0.2) is 12.5 Å². The predicted molar refractivity (Wildman–Crippen MR) is 97.3 cm³/mol. The summed E-state index contributed by atoms with van der Waals surface area (Å²) in [5, 5.41) is 24.9. The Labute approximate surface area is 165 Å². The van der Waals surface area contributed by atoms with Crippen LogP contribution in [-0.4, -0.2) is 74.5 Å². The lowest BCUT2D eigenvalue weighted by Crippen LogP contribution is -2.56. The molecule has 1 aromatic rings. The summed E-state index contributed by atoms with van der Waals surface area (Å²) in [7, 11) is 0. The molecule has 3 unspecified atom stereocenters. The number of hydrogen-bond donors (Lipinski definition) is 7. The molecule has 13 nitrogen and oxygen atoms in total. The summed E-state index contributed by atoms with van der Waals surface area (Å²) >= 11 is 0. The monoisotopic (exact) mass is 412 g/mol. The van der Waals surface area contributed by atoms with Crippen molar-refractivity contribution in [2.45, 2.75) is 44.3 Å². The molecule has 0 fully saturated rings. The average Bonchev–Trinajstić information content (AvgIpc) is 3.16. The number of amides is 3. The summed E-state index contributed by atoms with van der Waals surface area (Å²) in [6.45, 7) is 1.07. The van der Waals surface area contributed by atoms with Crippen molar-refractivity contribution in [1.82, 2.24) is 25.9 Å². The Hall–Kier alpha value is -3.48. The molecular formula is C16H24N6O7. The van der Waals surface area contributed by atoms with E-state index in [1.807, 2.05) is 0 Å². The van der Waals surface area contributed by atoms with Crippen LogP contribution in [0.4, 0.5) is 0 Å². The van der Waals surface area contributed by atoms with Gasteiger partial charge in [-0.25, -0.2) is 9.78 Å². The maximum atomic E-state index is 12.6. The standard InChI is InChI=1S/C16H24N6O7/c1-8(20-12(23)5-17)14(26)22-11(4-9-6-18-7-19-9)15(27)21-10(16(28)29)2-3-13(24)25/h6-8,10-11H,2-5,17H2,1H3,(H,18,19)(H,20,23)(H,21,27)(H,22,26)(H,24,25)(H,28,29). The summed E-state index contributed by atoms with van der Waals surface area (Å²) in [6.07, 6.45) is 1.95. The van der Waals surface area contributed by atoms with Crippen LogP contribution < -0.4 is 21.7 Å². The smallest absolute Gasteiger partial charge is 0.326 e.